The first-order valence-corrected chi connectivity index (χ1v) is 11.8. The SMILES string of the molecule is C#CC(COC(=O)[C@H]1CC[C@H](CCCCC)CC1)(OC)[C@@H](O)Cn1cnc2c(N)nc(F)nc21. The van der Waals surface area contributed by atoms with Gasteiger partial charge in [0.25, 0.3) is 0 Å². The third-order valence-corrected chi connectivity index (χ3v) is 6.80. The number of unbranched alkanes of at least 4 members (excludes halogenated alkanes) is 2. The van der Waals surface area contributed by atoms with E-state index in [1.54, 1.807) is 0 Å². The summed E-state index contributed by atoms with van der Waals surface area (Å²) in [5, 5.41) is 10.9. The van der Waals surface area contributed by atoms with E-state index < -0.39 is 17.8 Å². The van der Waals surface area contributed by atoms with E-state index in [1.807, 2.05) is 0 Å². The zero-order valence-corrected chi connectivity index (χ0v) is 19.9. The molecule has 0 aromatic carbocycles. The van der Waals surface area contributed by atoms with Crippen LogP contribution in [0.1, 0.15) is 58.3 Å². The Morgan fingerprint density at radius 2 is 2.12 bits per heavy atom. The van der Waals surface area contributed by atoms with Crippen molar-refractivity contribution in [3.05, 3.63) is 12.4 Å². The summed E-state index contributed by atoms with van der Waals surface area (Å²) in [4.78, 5) is 23.9. The number of imidazole rings is 1. The smallest absolute Gasteiger partial charge is 0.312 e. The molecule has 3 N–H and O–H groups in total. The van der Waals surface area contributed by atoms with Crippen molar-refractivity contribution >= 4 is 23.0 Å². The number of hydrogen-bond donors (Lipinski definition) is 2. The van der Waals surface area contributed by atoms with Crippen LogP contribution in [0.4, 0.5) is 10.2 Å². The van der Waals surface area contributed by atoms with E-state index in [9.17, 15) is 14.3 Å². The molecule has 1 aliphatic rings. The number of aromatic nitrogens is 4. The second-order valence-corrected chi connectivity index (χ2v) is 9.02. The van der Waals surface area contributed by atoms with Crippen molar-refractivity contribution in [3.8, 4) is 12.3 Å². The highest BCUT2D eigenvalue weighted by atomic mass is 19.1. The fourth-order valence-electron chi connectivity index (χ4n) is 4.56. The highest BCUT2D eigenvalue weighted by molar-refractivity contribution is 5.81. The number of carbonyl (C=O) groups excluding carboxylic acids is 1. The van der Waals surface area contributed by atoms with Gasteiger partial charge in [0.2, 0.25) is 0 Å². The van der Waals surface area contributed by atoms with Crippen LogP contribution in [0, 0.1) is 30.3 Å². The molecule has 0 saturated heterocycles. The van der Waals surface area contributed by atoms with Crippen LogP contribution >= 0.6 is 0 Å². The number of anilines is 1. The number of ether oxygens (including phenoxy) is 2. The summed E-state index contributed by atoms with van der Waals surface area (Å²) >= 11 is 0. The minimum atomic E-state index is -1.60. The number of halogens is 1. The Hall–Kier alpha value is -2.77. The Bertz CT molecular complexity index is 1010. The predicted octanol–water partition coefficient (Wildman–Crippen LogP) is 2.86. The fraction of sp³-hybridized carbons (Fsp3) is 0.667. The molecule has 0 bridgehead atoms. The zero-order chi connectivity index (χ0) is 24.7. The van der Waals surface area contributed by atoms with Gasteiger partial charge in [0.15, 0.2) is 17.1 Å². The van der Waals surface area contributed by atoms with Crippen molar-refractivity contribution < 1.29 is 23.8 Å². The van der Waals surface area contributed by atoms with Crippen molar-refractivity contribution in [1.29, 1.82) is 0 Å². The summed E-state index contributed by atoms with van der Waals surface area (Å²) < 4.78 is 26.0. The Kier molecular flexibility index (Phi) is 8.80. The maximum Gasteiger partial charge on any atom is 0.312 e. The number of esters is 1. The molecule has 0 spiro atoms. The number of hydrogen-bond acceptors (Lipinski definition) is 8. The van der Waals surface area contributed by atoms with Crippen LogP contribution in [-0.4, -0.2) is 56.0 Å². The van der Waals surface area contributed by atoms with Crippen molar-refractivity contribution in [2.24, 2.45) is 11.8 Å². The number of terminal acetylenes is 1. The maximum atomic E-state index is 13.6. The van der Waals surface area contributed by atoms with Gasteiger partial charge in [-0.25, -0.2) is 4.98 Å². The van der Waals surface area contributed by atoms with Gasteiger partial charge in [-0.2, -0.15) is 14.4 Å². The lowest BCUT2D eigenvalue weighted by Gasteiger charge is -2.33. The second-order valence-electron chi connectivity index (χ2n) is 9.02. The largest absolute Gasteiger partial charge is 0.461 e. The third-order valence-electron chi connectivity index (χ3n) is 6.80. The molecule has 1 aliphatic carbocycles. The summed E-state index contributed by atoms with van der Waals surface area (Å²) in [7, 11) is 1.34. The molecular formula is C24H34FN5O4. The first kappa shape index (κ1) is 25.8. The number of carbonyl (C=O) groups is 1. The molecule has 10 heteroatoms. The van der Waals surface area contributed by atoms with Crippen LogP contribution < -0.4 is 5.73 Å². The number of nitrogen functional groups attached to an aromatic ring is 1. The van der Waals surface area contributed by atoms with Crippen LogP contribution in [0.25, 0.3) is 11.2 Å². The quantitative estimate of drug-likeness (QED) is 0.220. The maximum absolute atomic E-state index is 13.6. The molecule has 2 atom stereocenters. The lowest BCUT2D eigenvalue weighted by atomic mass is 9.80. The van der Waals surface area contributed by atoms with E-state index in [0.29, 0.717) is 5.92 Å². The standard InChI is InChI=1S/C24H34FN5O4/c1-4-6-7-8-16-9-11-17(12-10-16)22(32)34-14-24(5-2,33-3)18(31)13-30-15-27-19-20(26)28-23(25)29-21(19)30/h2,15-18,31H,4,6-14H2,1,3H3,(H2,26,28,29)/t16-,17-,18-,24?/m0/s1. The first-order chi connectivity index (χ1) is 16.3. The Labute approximate surface area is 199 Å². The molecule has 2 aromatic heterocycles. The number of aliphatic hydroxyl groups excluding tert-OH is 1. The van der Waals surface area contributed by atoms with Crippen LogP contribution in [0.15, 0.2) is 6.33 Å². The number of nitrogens with two attached hydrogens (primary N) is 1. The normalized spacial score (nSPS) is 21.0. The van der Waals surface area contributed by atoms with Gasteiger partial charge in [-0.05, 0) is 31.6 Å². The van der Waals surface area contributed by atoms with Gasteiger partial charge in [-0.15, -0.1) is 6.42 Å². The van der Waals surface area contributed by atoms with E-state index in [4.69, 9.17) is 21.6 Å². The topological polar surface area (TPSA) is 125 Å². The van der Waals surface area contributed by atoms with Gasteiger partial charge in [0.05, 0.1) is 18.8 Å². The molecule has 34 heavy (non-hydrogen) atoms. The average molecular weight is 476 g/mol. The molecule has 1 saturated carbocycles. The molecule has 3 rings (SSSR count). The minimum absolute atomic E-state index is 0.110. The van der Waals surface area contributed by atoms with E-state index in [-0.39, 0.29) is 42.0 Å². The van der Waals surface area contributed by atoms with Crippen molar-refractivity contribution in [1.82, 2.24) is 19.5 Å². The third kappa shape index (κ3) is 5.83. The van der Waals surface area contributed by atoms with Crippen molar-refractivity contribution in [3.63, 3.8) is 0 Å². The van der Waals surface area contributed by atoms with Gasteiger partial charge >= 0.3 is 12.0 Å². The molecule has 9 nitrogen and oxygen atoms in total. The van der Waals surface area contributed by atoms with Crippen LogP contribution in [-0.2, 0) is 20.8 Å². The van der Waals surface area contributed by atoms with E-state index >= 15 is 0 Å². The predicted molar refractivity (Wildman–Crippen MR) is 125 cm³/mol. The van der Waals surface area contributed by atoms with Crippen molar-refractivity contribution in [2.75, 3.05) is 19.5 Å². The molecule has 1 unspecified atom stereocenters. The summed E-state index contributed by atoms with van der Waals surface area (Å²) in [5.41, 5.74) is 4.40. The van der Waals surface area contributed by atoms with Crippen molar-refractivity contribution in [2.45, 2.75) is 76.5 Å². The molecule has 0 amide bonds. The van der Waals surface area contributed by atoms with Gasteiger partial charge in [-0.3, -0.25) is 4.79 Å². The summed E-state index contributed by atoms with van der Waals surface area (Å²) in [6.45, 7) is 1.75. The summed E-state index contributed by atoms with van der Waals surface area (Å²) in [6, 6.07) is 0. The Balaban J connectivity index is 1.60. The van der Waals surface area contributed by atoms with Gasteiger partial charge in [-0.1, -0.05) is 38.5 Å². The molecule has 186 valence electrons. The highest BCUT2D eigenvalue weighted by Gasteiger charge is 2.40. The van der Waals surface area contributed by atoms with Crippen LogP contribution in [0.2, 0.25) is 0 Å². The van der Waals surface area contributed by atoms with E-state index in [2.05, 4.69) is 27.8 Å². The first-order valence-electron chi connectivity index (χ1n) is 11.8. The zero-order valence-electron chi connectivity index (χ0n) is 19.9. The second kappa shape index (κ2) is 11.6. The number of aliphatic hydroxyl groups is 1. The summed E-state index contributed by atoms with van der Waals surface area (Å²) in [5.74, 6) is 2.49. The lowest BCUT2D eigenvalue weighted by molar-refractivity contribution is -0.163. The number of nitrogens with zero attached hydrogens (tertiary/aromatic N) is 4. The molecule has 2 aromatic rings. The molecule has 1 fully saturated rings. The lowest BCUT2D eigenvalue weighted by Crippen LogP contribution is -2.49. The van der Waals surface area contributed by atoms with Gasteiger partial charge in [0.1, 0.15) is 18.2 Å². The van der Waals surface area contributed by atoms with E-state index in [1.165, 1.54) is 43.7 Å². The number of methoxy groups -OCH3 is 1. The average Bonchev–Trinajstić information content (AvgIpc) is 3.23. The van der Waals surface area contributed by atoms with E-state index in [0.717, 1.165) is 25.7 Å². The molecule has 0 aliphatic heterocycles. The number of fused-ring (bicyclic) bond motifs is 1. The van der Waals surface area contributed by atoms with Crippen LogP contribution in [0.5, 0.6) is 0 Å². The van der Waals surface area contributed by atoms with Gasteiger partial charge < -0.3 is 24.9 Å². The minimum Gasteiger partial charge on any atom is -0.461 e. The highest BCUT2D eigenvalue weighted by Crippen LogP contribution is 2.33. The molecule has 2 heterocycles. The number of rotatable bonds is 11. The molecular weight excluding hydrogens is 441 g/mol. The Morgan fingerprint density at radius 1 is 1.38 bits per heavy atom. The van der Waals surface area contributed by atoms with Gasteiger partial charge in [0, 0.05) is 7.11 Å². The molecule has 0 radical (unpaired) electrons. The Morgan fingerprint density at radius 3 is 2.76 bits per heavy atom. The monoisotopic (exact) mass is 475 g/mol. The van der Waals surface area contributed by atoms with Crippen LogP contribution in [0.3, 0.4) is 0 Å². The fourth-order valence-corrected chi connectivity index (χ4v) is 4.56. The summed E-state index contributed by atoms with van der Waals surface area (Å²) in [6.07, 6.45) is 13.3.